The second-order valence-corrected chi connectivity index (χ2v) is 3.54. The van der Waals surface area contributed by atoms with E-state index in [0.717, 1.165) is 12.8 Å². The SMILES string of the molecule is CCCc1ccc(CCC)c([O-])c1[O-]. The summed E-state index contributed by atoms with van der Waals surface area (Å²) >= 11 is 0. The van der Waals surface area contributed by atoms with Crippen LogP contribution < -0.4 is 10.2 Å². The molecule has 0 saturated carbocycles. The van der Waals surface area contributed by atoms with Gasteiger partial charge in [0.15, 0.2) is 0 Å². The summed E-state index contributed by atoms with van der Waals surface area (Å²) in [7, 11) is 0. The summed E-state index contributed by atoms with van der Waals surface area (Å²) in [6.45, 7) is 4.01. The average molecular weight is 192 g/mol. The second kappa shape index (κ2) is 4.89. The van der Waals surface area contributed by atoms with Gasteiger partial charge in [0.25, 0.3) is 0 Å². The van der Waals surface area contributed by atoms with Crippen LogP contribution in [0.25, 0.3) is 0 Å². The van der Waals surface area contributed by atoms with Gasteiger partial charge in [0, 0.05) is 0 Å². The highest BCUT2D eigenvalue weighted by molar-refractivity contribution is 5.48. The molecule has 0 saturated heterocycles. The molecule has 2 heteroatoms. The maximum absolute atomic E-state index is 11.5. The summed E-state index contributed by atoms with van der Waals surface area (Å²) in [4.78, 5) is 0. The van der Waals surface area contributed by atoms with Crippen molar-refractivity contribution < 1.29 is 10.2 Å². The molecule has 0 spiro atoms. The molecule has 0 aromatic heterocycles. The Morgan fingerprint density at radius 3 is 1.50 bits per heavy atom. The molecule has 0 aliphatic rings. The van der Waals surface area contributed by atoms with Crippen molar-refractivity contribution in [3.8, 4) is 11.5 Å². The Morgan fingerprint density at radius 2 is 1.21 bits per heavy atom. The van der Waals surface area contributed by atoms with E-state index >= 15 is 0 Å². The van der Waals surface area contributed by atoms with Crippen molar-refractivity contribution in [1.82, 2.24) is 0 Å². The molecule has 0 aliphatic heterocycles. The molecule has 0 atom stereocenters. The zero-order chi connectivity index (χ0) is 10.6. The molecule has 1 aromatic rings. The summed E-state index contributed by atoms with van der Waals surface area (Å²) < 4.78 is 0. The van der Waals surface area contributed by atoms with Gasteiger partial charge < -0.3 is 10.2 Å². The first-order chi connectivity index (χ1) is 6.70. The van der Waals surface area contributed by atoms with Gasteiger partial charge in [-0.3, -0.25) is 0 Å². The van der Waals surface area contributed by atoms with E-state index in [0.29, 0.717) is 24.0 Å². The minimum absolute atomic E-state index is 0.294. The van der Waals surface area contributed by atoms with Crippen LogP contribution in [0, 0.1) is 0 Å². The number of rotatable bonds is 4. The van der Waals surface area contributed by atoms with Crippen LogP contribution in [0.5, 0.6) is 11.5 Å². The van der Waals surface area contributed by atoms with Crippen LogP contribution in [0.1, 0.15) is 37.8 Å². The third-order valence-electron chi connectivity index (χ3n) is 2.31. The van der Waals surface area contributed by atoms with Crippen LogP contribution >= 0.6 is 0 Å². The second-order valence-electron chi connectivity index (χ2n) is 3.54. The molecular weight excluding hydrogens is 176 g/mol. The summed E-state index contributed by atoms with van der Waals surface area (Å²) in [5, 5.41) is 23.1. The van der Waals surface area contributed by atoms with Gasteiger partial charge in [0.05, 0.1) is 0 Å². The van der Waals surface area contributed by atoms with Crippen LogP contribution in [0.2, 0.25) is 0 Å². The van der Waals surface area contributed by atoms with Gasteiger partial charge in [-0.1, -0.05) is 49.9 Å². The van der Waals surface area contributed by atoms with E-state index < -0.39 is 0 Å². The molecule has 0 bridgehead atoms. The monoisotopic (exact) mass is 192 g/mol. The summed E-state index contributed by atoms with van der Waals surface area (Å²) in [6.07, 6.45) is 3.23. The summed E-state index contributed by atoms with van der Waals surface area (Å²) in [5.41, 5.74) is 1.33. The maximum atomic E-state index is 11.5. The Bertz CT molecular complexity index is 274. The molecule has 0 aliphatic carbocycles. The van der Waals surface area contributed by atoms with Crippen molar-refractivity contribution in [1.29, 1.82) is 0 Å². The van der Waals surface area contributed by atoms with Gasteiger partial charge in [-0.25, -0.2) is 0 Å². The lowest BCUT2D eigenvalue weighted by molar-refractivity contribution is -0.318. The quantitative estimate of drug-likeness (QED) is 0.729. The van der Waals surface area contributed by atoms with E-state index in [2.05, 4.69) is 0 Å². The van der Waals surface area contributed by atoms with Crippen LogP contribution in [-0.2, 0) is 12.8 Å². The Kier molecular flexibility index (Phi) is 3.81. The summed E-state index contributed by atoms with van der Waals surface area (Å²) in [5.74, 6) is -0.587. The van der Waals surface area contributed by atoms with Crippen LogP contribution in [-0.4, -0.2) is 0 Å². The van der Waals surface area contributed by atoms with Crippen LogP contribution in [0.15, 0.2) is 12.1 Å². The Morgan fingerprint density at radius 1 is 0.857 bits per heavy atom. The first kappa shape index (κ1) is 10.9. The standard InChI is InChI=1S/C12H18O2/c1-3-5-9-7-8-10(6-4-2)12(14)11(9)13/h7-8,13-14H,3-6H2,1-2H3/p-2. The number of benzene rings is 1. The Hall–Kier alpha value is -1.18. The molecule has 0 fully saturated rings. The van der Waals surface area contributed by atoms with Crippen molar-refractivity contribution in [3.63, 3.8) is 0 Å². The lowest BCUT2D eigenvalue weighted by atomic mass is 10.0. The number of hydrogen-bond acceptors (Lipinski definition) is 2. The molecule has 1 rings (SSSR count). The highest BCUT2D eigenvalue weighted by Gasteiger charge is 1.98. The smallest absolute Gasteiger partial charge is 0.0288 e. The van der Waals surface area contributed by atoms with Gasteiger partial charge in [-0.05, 0) is 12.8 Å². The van der Waals surface area contributed by atoms with Crippen molar-refractivity contribution in [3.05, 3.63) is 23.3 Å². The highest BCUT2D eigenvalue weighted by Crippen LogP contribution is 2.29. The Labute approximate surface area is 85.2 Å². The minimum Gasteiger partial charge on any atom is -0.873 e. The molecule has 0 unspecified atom stereocenters. The molecule has 0 heterocycles. The number of hydrogen-bond donors (Lipinski definition) is 0. The van der Waals surface area contributed by atoms with Gasteiger partial charge in [-0.2, -0.15) is 0 Å². The highest BCUT2D eigenvalue weighted by atomic mass is 16.3. The predicted molar refractivity (Wildman–Crippen MR) is 53.3 cm³/mol. The van der Waals surface area contributed by atoms with Gasteiger partial charge in [0.2, 0.25) is 0 Å². The number of aryl methyl sites for hydroxylation is 2. The van der Waals surface area contributed by atoms with Crippen molar-refractivity contribution >= 4 is 0 Å². The molecular formula is C12H16O2-2. The topological polar surface area (TPSA) is 46.1 Å². The van der Waals surface area contributed by atoms with Gasteiger partial charge in [0.1, 0.15) is 0 Å². The van der Waals surface area contributed by atoms with E-state index in [4.69, 9.17) is 0 Å². The minimum atomic E-state index is -0.294. The zero-order valence-corrected chi connectivity index (χ0v) is 8.80. The molecule has 0 radical (unpaired) electrons. The molecule has 0 amide bonds. The largest absolute Gasteiger partial charge is 0.873 e. The van der Waals surface area contributed by atoms with Crippen molar-refractivity contribution in [2.45, 2.75) is 39.5 Å². The zero-order valence-electron chi connectivity index (χ0n) is 8.80. The molecule has 14 heavy (non-hydrogen) atoms. The van der Waals surface area contributed by atoms with Gasteiger partial charge >= 0.3 is 0 Å². The van der Waals surface area contributed by atoms with E-state index in [-0.39, 0.29) is 11.5 Å². The fourth-order valence-electron chi connectivity index (χ4n) is 1.58. The van der Waals surface area contributed by atoms with E-state index in [9.17, 15) is 10.2 Å². The van der Waals surface area contributed by atoms with Crippen molar-refractivity contribution in [2.75, 3.05) is 0 Å². The lowest BCUT2D eigenvalue weighted by Gasteiger charge is -2.25. The van der Waals surface area contributed by atoms with E-state index in [1.807, 2.05) is 13.8 Å². The van der Waals surface area contributed by atoms with Crippen LogP contribution in [0.3, 0.4) is 0 Å². The van der Waals surface area contributed by atoms with Crippen LogP contribution in [0.4, 0.5) is 0 Å². The maximum Gasteiger partial charge on any atom is -0.0288 e. The summed E-state index contributed by atoms with van der Waals surface area (Å²) in [6, 6.07) is 3.61. The Balaban J connectivity index is 2.99. The first-order valence-electron chi connectivity index (χ1n) is 5.19. The third kappa shape index (κ3) is 2.19. The molecule has 2 nitrogen and oxygen atoms in total. The molecule has 0 N–H and O–H groups in total. The molecule has 1 aromatic carbocycles. The normalized spacial score (nSPS) is 10.4. The lowest BCUT2D eigenvalue weighted by Crippen LogP contribution is -2.06. The predicted octanol–water partition coefficient (Wildman–Crippen LogP) is 1.74. The fraction of sp³-hybridized carbons (Fsp3) is 0.500. The average Bonchev–Trinajstić information content (AvgIpc) is 2.18. The van der Waals surface area contributed by atoms with E-state index in [1.165, 1.54) is 0 Å². The van der Waals surface area contributed by atoms with Gasteiger partial charge in [-0.15, -0.1) is 11.5 Å². The van der Waals surface area contributed by atoms with E-state index in [1.54, 1.807) is 12.1 Å². The first-order valence-corrected chi connectivity index (χ1v) is 5.19. The third-order valence-corrected chi connectivity index (χ3v) is 2.31. The molecule has 78 valence electrons. The fourth-order valence-corrected chi connectivity index (χ4v) is 1.58. The van der Waals surface area contributed by atoms with Crippen molar-refractivity contribution in [2.24, 2.45) is 0 Å².